The molecule has 3 rings (SSSR count). The summed E-state index contributed by atoms with van der Waals surface area (Å²) in [7, 11) is 3.05. The third-order valence-electron chi connectivity index (χ3n) is 4.43. The summed E-state index contributed by atoms with van der Waals surface area (Å²) in [6.45, 7) is 0.0950. The number of aromatic nitrogens is 2. The van der Waals surface area contributed by atoms with Crippen LogP contribution in [0.15, 0.2) is 57.0 Å². The van der Waals surface area contributed by atoms with Crippen molar-refractivity contribution in [3.8, 4) is 17.4 Å². The van der Waals surface area contributed by atoms with Gasteiger partial charge in [-0.15, -0.1) is 0 Å². The molecule has 8 nitrogen and oxygen atoms in total. The fourth-order valence-electron chi connectivity index (χ4n) is 2.87. The van der Waals surface area contributed by atoms with Crippen molar-refractivity contribution in [3.63, 3.8) is 0 Å². The van der Waals surface area contributed by atoms with E-state index in [4.69, 9.17) is 9.47 Å². The Balaban J connectivity index is 1.88. The van der Waals surface area contributed by atoms with E-state index in [9.17, 15) is 19.1 Å². The smallest absolute Gasteiger partial charge is 0.331 e. The van der Waals surface area contributed by atoms with Crippen LogP contribution in [0.2, 0.25) is 0 Å². The minimum absolute atomic E-state index is 0.0950. The van der Waals surface area contributed by atoms with Crippen LogP contribution >= 0.6 is 0 Å². The fourth-order valence-corrected chi connectivity index (χ4v) is 2.87. The summed E-state index contributed by atoms with van der Waals surface area (Å²) in [6.07, 6.45) is 1.47. The molecular weight excluding hydrogens is 393 g/mol. The van der Waals surface area contributed by atoms with Crippen LogP contribution in [0.25, 0.3) is 0 Å². The first-order valence-electron chi connectivity index (χ1n) is 8.99. The van der Waals surface area contributed by atoms with Crippen LogP contribution in [0.3, 0.4) is 0 Å². The average Bonchev–Trinajstić information content (AvgIpc) is 2.73. The molecule has 0 aliphatic heterocycles. The second-order valence-electron chi connectivity index (χ2n) is 6.33. The number of hydrogen-bond donors (Lipinski definition) is 2. The summed E-state index contributed by atoms with van der Waals surface area (Å²) < 4.78 is 24.8. The quantitative estimate of drug-likeness (QED) is 0.579. The van der Waals surface area contributed by atoms with Crippen molar-refractivity contribution >= 4 is 11.9 Å². The Morgan fingerprint density at radius 1 is 1.13 bits per heavy atom. The zero-order chi connectivity index (χ0) is 21.7. The van der Waals surface area contributed by atoms with Crippen LogP contribution in [0.5, 0.6) is 17.4 Å². The van der Waals surface area contributed by atoms with Crippen molar-refractivity contribution in [2.75, 3.05) is 14.2 Å². The number of H-pyrrole nitrogens is 1. The molecule has 2 N–H and O–H groups in total. The number of nitrogens with zero attached hydrogens (tertiary/aromatic N) is 2. The Hall–Kier alpha value is -3.88. The molecule has 0 unspecified atom stereocenters. The monoisotopic (exact) mass is 413 g/mol. The summed E-state index contributed by atoms with van der Waals surface area (Å²) in [5.74, 6) is 0.101. The molecule has 0 aliphatic rings. The van der Waals surface area contributed by atoms with Gasteiger partial charge in [0, 0.05) is 12.8 Å². The second kappa shape index (κ2) is 9.08. The van der Waals surface area contributed by atoms with Crippen LogP contribution in [0, 0.1) is 5.82 Å². The lowest BCUT2D eigenvalue weighted by atomic mass is 10.1. The predicted octanol–water partition coefficient (Wildman–Crippen LogP) is 2.39. The summed E-state index contributed by atoms with van der Waals surface area (Å²) in [5, 5.41) is 10.5. The molecule has 0 amide bonds. The van der Waals surface area contributed by atoms with Gasteiger partial charge in [0.1, 0.15) is 11.4 Å². The fraction of sp³-hybridized carbons (Fsp3) is 0.190. The Morgan fingerprint density at radius 3 is 2.60 bits per heavy atom. The third-order valence-corrected chi connectivity index (χ3v) is 4.43. The normalized spacial score (nSPS) is 11.0. The largest absolute Gasteiger partial charge is 0.494 e. The number of hydrogen-bond acceptors (Lipinski definition) is 6. The van der Waals surface area contributed by atoms with Gasteiger partial charge in [-0.1, -0.05) is 12.1 Å². The molecule has 0 aliphatic carbocycles. The molecule has 0 radical (unpaired) electrons. The number of aliphatic imine (C=N–C) groups is 1. The number of nitrogens with one attached hydrogen (secondary N) is 1. The second-order valence-corrected chi connectivity index (χ2v) is 6.33. The van der Waals surface area contributed by atoms with Gasteiger partial charge in [0.15, 0.2) is 11.5 Å². The maximum atomic E-state index is 13.3. The molecule has 1 heterocycles. The topological polar surface area (TPSA) is 106 Å². The van der Waals surface area contributed by atoms with E-state index in [1.54, 1.807) is 18.2 Å². The van der Waals surface area contributed by atoms with Gasteiger partial charge >= 0.3 is 5.69 Å². The van der Waals surface area contributed by atoms with Crippen LogP contribution in [0.4, 0.5) is 10.1 Å². The molecule has 1 aromatic heterocycles. The van der Waals surface area contributed by atoms with Gasteiger partial charge in [-0.25, -0.2) is 9.18 Å². The van der Waals surface area contributed by atoms with Gasteiger partial charge in [0.2, 0.25) is 5.88 Å². The number of rotatable bonds is 7. The van der Waals surface area contributed by atoms with Gasteiger partial charge in [-0.2, -0.15) is 0 Å². The van der Waals surface area contributed by atoms with E-state index in [0.29, 0.717) is 17.9 Å². The maximum absolute atomic E-state index is 13.3. The Labute approximate surface area is 170 Å². The van der Waals surface area contributed by atoms with E-state index in [0.717, 1.165) is 16.3 Å². The number of aromatic amines is 1. The maximum Gasteiger partial charge on any atom is 0.331 e. The zero-order valence-corrected chi connectivity index (χ0v) is 16.4. The number of halogens is 1. The van der Waals surface area contributed by atoms with E-state index in [1.807, 2.05) is 0 Å². The first-order valence-corrected chi connectivity index (χ1v) is 8.99. The van der Waals surface area contributed by atoms with E-state index < -0.39 is 22.9 Å². The lowest BCUT2D eigenvalue weighted by Crippen LogP contribution is -2.32. The molecule has 9 heteroatoms. The number of benzene rings is 2. The molecule has 2 aromatic carbocycles. The van der Waals surface area contributed by atoms with Gasteiger partial charge in [0.05, 0.1) is 19.9 Å². The highest BCUT2D eigenvalue weighted by molar-refractivity contribution is 5.84. The van der Waals surface area contributed by atoms with Crippen molar-refractivity contribution in [1.29, 1.82) is 0 Å². The number of ether oxygens (including phenoxy) is 2. The average molecular weight is 413 g/mol. The molecule has 0 saturated heterocycles. The molecule has 0 fully saturated rings. The number of aromatic hydroxyl groups is 1. The van der Waals surface area contributed by atoms with E-state index in [-0.39, 0.29) is 17.8 Å². The van der Waals surface area contributed by atoms with E-state index in [1.165, 1.54) is 38.5 Å². The van der Waals surface area contributed by atoms with Gasteiger partial charge < -0.3 is 14.6 Å². The molecule has 3 aromatic rings. The predicted molar refractivity (Wildman–Crippen MR) is 110 cm³/mol. The minimum Gasteiger partial charge on any atom is -0.494 e. The first-order chi connectivity index (χ1) is 14.4. The lowest BCUT2D eigenvalue weighted by Gasteiger charge is -2.12. The highest BCUT2D eigenvalue weighted by atomic mass is 19.1. The molecule has 156 valence electrons. The molecular formula is C21H20FN3O5. The van der Waals surface area contributed by atoms with E-state index >= 15 is 0 Å². The molecule has 0 bridgehead atoms. The number of aryl methyl sites for hydroxylation is 1. The van der Waals surface area contributed by atoms with Crippen LogP contribution in [0.1, 0.15) is 11.1 Å². The SMILES string of the molecule is COc1ccc(CCn2c(O)c(C=Nc3cccc(F)c3)c(=O)[nH]c2=O)cc1OC. The zero-order valence-electron chi connectivity index (χ0n) is 16.4. The summed E-state index contributed by atoms with van der Waals surface area (Å²) in [5.41, 5.74) is -0.649. The molecule has 30 heavy (non-hydrogen) atoms. The van der Waals surface area contributed by atoms with Crippen molar-refractivity contribution in [3.05, 3.63) is 80.2 Å². The van der Waals surface area contributed by atoms with Crippen molar-refractivity contribution in [2.24, 2.45) is 4.99 Å². The minimum atomic E-state index is -0.792. The lowest BCUT2D eigenvalue weighted by molar-refractivity contribution is 0.354. The van der Waals surface area contributed by atoms with Gasteiger partial charge in [-0.3, -0.25) is 19.3 Å². The Kier molecular flexibility index (Phi) is 6.31. The molecule has 0 saturated carbocycles. The number of methoxy groups -OCH3 is 2. The van der Waals surface area contributed by atoms with Crippen LogP contribution in [-0.2, 0) is 13.0 Å². The van der Waals surface area contributed by atoms with Crippen molar-refractivity contribution in [1.82, 2.24) is 9.55 Å². The summed E-state index contributed by atoms with van der Waals surface area (Å²) >= 11 is 0. The Bertz CT molecular complexity index is 1200. The van der Waals surface area contributed by atoms with Gasteiger partial charge in [-0.05, 0) is 42.3 Å². The highest BCUT2D eigenvalue weighted by Crippen LogP contribution is 2.28. The van der Waals surface area contributed by atoms with Crippen molar-refractivity contribution < 1.29 is 19.0 Å². The molecule has 0 atom stereocenters. The Morgan fingerprint density at radius 2 is 1.90 bits per heavy atom. The van der Waals surface area contributed by atoms with E-state index in [2.05, 4.69) is 9.98 Å². The van der Waals surface area contributed by atoms with Crippen molar-refractivity contribution in [2.45, 2.75) is 13.0 Å². The van der Waals surface area contributed by atoms with Gasteiger partial charge in [0.25, 0.3) is 5.56 Å². The summed E-state index contributed by atoms with van der Waals surface area (Å²) in [4.78, 5) is 30.4. The molecule has 0 spiro atoms. The standard InChI is InChI=1S/C21H20FN3O5/c1-29-17-7-6-13(10-18(17)30-2)8-9-25-20(27)16(19(26)24-21(25)28)12-23-15-5-3-4-14(22)11-15/h3-7,10-12,27H,8-9H2,1-2H3,(H,24,26,28). The summed E-state index contributed by atoms with van der Waals surface area (Å²) in [6, 6.07) is 10.8. The van der Waals surface area contributed by atoms with Crippen LogP contribution < -0.4 is 20.7 Å². The highest BCUT2D eigenvalue weighted by Gasteiger charge is 2.13. The third kappa shape index (κ3) is 4.57. The first kappa shape index (κ1) is 20.8. The van der Waals surface area contributed by atoms with Crippen LogP contribution in [-0.4, -0.2) is 35.1 Å².